The van der Waals surface area contributed by atoms with Crippen LogP contribution in [0.3, 0.4) is 0 Å². The van der Waals surface area contributed by atoms with Gasteiger partial charge in [-0.25, -0.2) is 4.98 Å². The normalized spacial score (nSPS) is 10.1. The van der Waals surface area contributed by atoms with E-state index in [0.29, 0.717) is 5.75 Å². The van der Waals surface area contributed by atoms with Crippen molar-refractivity contribution in [3.63, 3.8) is 0 Å². The van der Waals surface area contributed by atoms with Crippen molar-refractivity contribution in [2.24, 2.45) is 5.73 Å². The van der Waals surface area contributed by atoms with Gasteiger partial charge in [0.05, 0.1) is 7.11 Å². The topological polar surface area (TPSA) is 74.4 Å². The van der Waals surface area contributed by atoms with Gasteiger partial charge in [0, 0.05) is 11.8 Å². The largest absolute Gasteiger partial charge is 0.496 e. The average Bonchev–Trinajstić information content (AvgIpc) is 2.46. The molecule has 2 N–H and O–H groups in total. The summed E-state index contributed by atoms with van der Waals surface area (Å²) in [6, 6.07) is 9.29. The number of carbonyl (C=O) groups excluding carboxylic acids is 1. The Kier molecular flexibility index (Phi) is 4.20. The summed E-state index contributed by atoms with van der Waals surface area (Å²) in [7, 11) is 1.60. The number of amides is 1. The third-order valence-corrected chi connectivity index (χ3v) is 2.90. The van der Waals surface area contributed by atoms with Gasteiger partial charge in [0.25, 0.3) is 5.91 Å². The van der Waals surface area contributed by atoms with Crippen molar-refractivity contribution >= 4 is 5.91 Å². The molecule has 20 heavy (non-hydrogen) atoms. The maximum atomic E-state index is 11.4. The lowest BCUT2D eigenvalue weighted by atomic mass is 10.2. The second-order valence-electron chi connectivity index (χ2n) is 4.27. The van der Waals surface area contributed by atoms with Crippen LogP contribution in [-0.4, -0.2) is 18.0 Å². The van der Waals surface area contributed by atoms with Crippen molar-refractivity contribution in [3.05, 3.63) is 53.3 Å². The van der Waals surface area contributed by atoms with Gasteiger partial charge < -0.3 is 15.2 Å². The Bertz CT molecular complexity index is 626. The molecule has 0 radical (unpaired) electrons. The molecular formula is C15H16N2O3. The molecule has 0 fully saturated rings. The molecule has 5 nitrogen and oxygen atoms in total. The third-order valence-electron chi connectivity index (χ3n) is 2.90. The van der Waals surface area contributed by atoms with Gasteiger partial charge in [-0.2, -0.15) is 0 Å². The van der Waals surface area contributed by atoms with E-state index in [2.05, 4.69) is 4.98 Å². The van der Waals surface area contributed by atoms with Gasteiger partial charge in [0.15, 0.2) is 11.4 Å². The number of para-hydroxylation sites is 1. The van der Waals surface area contributed by atoms with E-state index in [9.17, 15) is 4.79 Å². The van der Waals surface area contributed by atoms with E-state index in [-0.39, 0.29) is 12.3 Å². The zero-order valence-electron chi connectivity index (χ0n) is 11.4. The number of pyridine rings is 1. The highest BCUT2D eigenvalue weighted by Gasteiger charge is 2.14. The summed E-state index contributed by atoms with van der Waals surface area (Å²) in [5.41, 5.74) is 7.13. The number of aromatic nitrogens is 1. The Morgan fingerprint density at radius 2 is 2.05 bits per heavy atom. The second kappa shape index (κ2) is 6.06. The third kappa shape index (κ3) is 2.88. The van der Waals surface area contributed by atoms with Crippen LogP contribution in [-0.2, 0) is 6.61 Å². The first-order valence-electron chi connectivity index (χ1n) is 6.13. The number of nitrogens with zero attached hydrogens (tertiary/aromatic N) is 1. The molecular weight excluding hydrogens is 256 g/mol. The predicted octanol–water partition coefficient (Wildman–Crippen LogP) is 2.08. The Labute approximate surface area is 117 Å². The lowest BCUT2D eigenvalue weighted by Crippen LogP contribution is -2.15. The maximum Gasteiger partial charge on any atom is 0.271 e. The molecule has 5 heteroatoms. The maximum absolute atomic E-state index is 11.4. The van der Waals surface area contributed by atoms with Crippen LogP contribution in [0.15, 0.2) is 36.5 Å². The summed E-state index contributed by atoms with van der Waals surface area (Å²) in [6.07, 6.45) is 1.53. The molecule has 0 unspecified atom stereocenters. The molecule has 2 rings (SSSR count). The average molecular weight is 272 g/mol. The van der Waals surface area contributed by atoms with E-state index in [1.807, 2.05) is 31.2 Å². The van der Waals surface area contributed by atoms with E-state index >= 15 is 0 Å². The zero-order chi connectivity index (χ0) is 14.5. The van der Waals surface area contributed by atoms with Gasteiger partial charge in [0.2, 0.25) is 0 Å². The predicted molar refractivity (Wildman–Crippen MR) is 74.8 cm³/mol. The van der Waals surface area contributed by atoms with Gasteiger partial charge >= 0.3 is 0 Å². The summed E-state index contributed by atoms with van der Waals surface area (Å²) in [4.78, 5) is 15.3. The number of primary amides is 1. The Balaban J connectivity index is 2.25. The Hall–Kier alpha value is -2.56. The van der Waals surface area contributed by atoms with E-state index in [4.69, 9.17) is 15.2 Å². The van der Waals surface area contributed by atoms with Gasteiger partial charge in [-0.3, -0.25) is 4.79 Å². The number of carbonyl (C=O) groups is 1. The summed E-state index contributed by atoms with van der Waals surface area (Å²) >= 11 is 0. The van der Waals surface area contributed by atoms with Crippen molar-refractivity contribution < 1.29 is 14.3 Å². The standard InChI is InChI=1S/C15H16N2O3/c1-10-7-8-17-13(15(16)18)14(10)20-9-11-5-3-4-6-12(11)19-2/h3-8H,9H2,1-2H3,(H2,16,18). The van der Waals surface area contributed by atoms with Crippen LogP contribution in [0.1, 0.15) is 21.6 Å². The van der Waals surface area contributed by atoms with Crippen LogP contribution in [0.4, 0.5) is 0 Å². The molecule has 0 aliphatic rings. The summed E-state index contributed by atoms with van der Waals surface area (Å²) in [5.74, 6) is 0.532. The minimum atomic E-state index is -0.608. The van der Waals surface area contributed by atoms with Crippen LogP contribution < -0.4 is 15.2 Å². The highest BCUT2D eigenvalue weighted by atomic mass is 16.5. The van der Waals surface area contributed by atoms with Crippen LogP contribution in [0.25, 0.3) is 0 Å². The molecule has 0 atom stereocenters. The van der Waals surface area contributed by atoms with Crippen molar-refractivity contribution in [3.8, 4) is 11.5 Å². The van der Waals surface area contributed by atoms with Crippen LogP contribution in [0.5, 0.6) is 11.5 Å². The molecule has 0 saturated heterocycles. The first-order chi connectivity index (χ1) is 9.63. The minimum Gasteiger partial charge on any atom is -0.496 e. The Morgan fingerprint density at radius 3 is 2.75 bits per heavy atom. The van der Waals surface area contributed by atoms with Gasteiger partial charge in [0.1, 0.15) is 12.4 Å². The number of rotatable bonds is 5. The highest BCUT2D eigenvalue weighted by molar-refractivity contribution is 5.93. The van der Waals surface area contributed by atoms with Crippen LogP contribution in [0.2, 0.25) is 0 Å². The molecule has 0 aliphatic carbocycles. The molecule has 0 aliphatic heterocycles. The molecule has 104 valence electrons. The van der Waals surface area contributed by atoms with Crippen molar-refractivity contribution in [1.82, 2.24) is 4.98 Å². The number of aryl methyl sites for hydroxylation is 1. The second-order valence-corrected chi connectivity index (χ2v) is 4.27. The molecule has 0 saturated carbocycles. The number of methoxy groups -OCH3 is 1. The molecule has 1 aromatic heterocycles. The fourth-order valence-corrected chi connectivity index (χ4v) is 1.87. The molecule has 1 aromatic carbocycles. The summed E-state index contributed by atoms with van der Waals surface area (Å²) in [6.45, 7) is 2.11. The van der Waals surface area contributed by atoms with E-state index in [0.717, 1.165) is 16.9 Å². The SMILES string of the molecule is COc1ccccc1COc1c(C)ccnc1C(N)=O. The lowest BCUT2D eigenvalue weighted by molar-refractivity contribution is 0.0990. The minimum absolute atomic E-state index is 0.139. The summed E-state index contributed by atoms with van der Waals surface area (Å²) < 4.78 is 11.0. The lowest BCUT2D eigenvalue weighted by Gasteiger charge is -2.13. The Morgan fingerprint density at radius 1 is 1.30 bits per heavy atom. The number of benzene rings is 1. The van der Waals surface area contributed by atoms with Crippen molar-refractivity contribution in [2.45, 2.75) is 13.5 Å². The molecule has 0 bridgehead atoms. The van der Waals surface area contributed by atoms with Crippen LogP contribution in [0, 0.1) is 6.92 Å². The fourth-order valence-electron chi connectivity index (χ4n) is 1.87. The van der Waals surface area contributed by atoms with E-state index < -0.39 is 5.91 Å². The van der Waals surface area contributed by atoms with Gasteiger partial charge in [-0.05, 0) is 24.6 Å². The number of hydrogen-bond donors (Lipinski definition) is 1. The smallest absolute Gasteiger partial charge is 0.271 e. The van der Waals surface area contributed by atoms with Crippen molar-refractivity contribution in [2.75, 3.05) is 7.11 Å². The summed E-state index contributed by atoms with van der Waals surface area (Å²) in [5, 5.41) is 0. The first kappa shape index (κ1) is 13.9. The molecule has 1 amide bonds. The fraction of sp³-hybridized carbons (Fsp3) is 0.200. The number of hydrogen-bond acceptors (Lipinski definition) is 4. The van der Waals surface area contributed by atoms with E-state index in [1.54, 1.807) is 13.2 Å². The molecule has 2 aromatic rings. The van der Waals surface area contributed by atoms with Gasteiger partial charge in [-0.1, -0.05) is 18.2 Å². The van der Waals surface area contributed by atoms with Crippen LogP contribution >= 0.6 is 0 Å². The zero-order valence-corrected chi connectivity index (χ0v) is 11.4. The van der Waals surface area contributed by atoms with E-state index in [1.165, 1.54) is 6.20 Å². The number of nitrogens with two attached hydrogens (primary N) is 1. The molecule has 0 spiro atoms. The van der Waals surface area contributed by atoms with Crippen molar-refractivity contribution in [1.29, 1.82) is 0 Å². The monoisotopic (exact) mass is 272 g/mol. The first-order valence-corrected chi connectivity index (χ1v) is 6.13. The molecule has 1 heterocycles. The highest BCUT2D eigenvalue weighted by Crippen LogP contribution is 2.24. The number of ether oxygens (including phenoxy) is 2. The quantitative estimate of drug-likeness (QED) is 0.904. The van der Waals surface area contributed by atoms with Gasteiger partial charge in [-0.15, -0.1) is 0 Å².